The Kier molecular flexibility index (Phi) is 4.41. The van der Waals surface area contributed by atoms with Gasteiger partial charge in [0.1, 0.15) is 5.82 Å². The van der Waals surface area contributed by atoms with Gasteiger partial charge in [0.2, 0.25) is 5.56 Å². The van der Waals surface area contributed by atoms with Crippen LogP contribution in [0.3, 0.4) is 0 Å². The van der Waals surface area contributed by atoms with Crippen molar-refractivity contribution in [2.24, 2.45) is 0 Å². The SMILES string of the molecule is O=C(NCc1cccc(F)c1)NC1CCc2[nH]c(=O)ccc2C1. The summed E-state index contributed by atoms with van der Waals surface area (Å²) in [5.74, 6) is -0.317. The number of H-pyrrole nitrogens is 1. The lowest BCUT2D eigenvalue weighted by atomic mass is 9.92. The molecule has 1 heterocycles. The summed E-state index contributed by atoms with van der Waals surface area (Å²) in [6.07, 6.45) is 2.21. The van der Waals surface area contributed by atoms with Crippen LogP contribution in [0.1, 0.15) is 23.2 Å². The molecule has 2 amide bonds. The predicted octanol–water partition coefficient (Wildman–Crippen LogP) is 1.87. The molecule has 23 heavy (non-hydrogen) atoms. The third kappa shape index (κ3) is 3.97. The molecule has 1 aliphatic rings. The van der Waals surface area contributed by atoms with Crippen molar-refractivity contribution < 1.29 is 9.18 Å². The largest absolute Gasteiger partial charge is 0.335 e. The number of rotatable bonds is 3. The van der Waals surface area contributed by atoms with Crippen LogP contribution in [0.4, 0.5) is 9.18 Å². The number of nitrogens with one attached hydrogen (secondary N) is 3. The third-order valence-electron chi connectivity index (χ3n) is 3.98. The molecule has 1 unspecified atom stereocenters. The van der Waals surface area contributed by atoms with Crippen LogP contribution in [0.25, 0.3) is 0 Å². The average Bonchev–Trinajstić information content (AvgIpc) is 2.53. The van der Waals surface area contributed by atoms with Crippen LogP contribution in [0.15, 0.2) is 41.2 Å². The summed E-state index contributed by atoms with van der Waals surface area (Å²) in [5, 5.41) is 5.66. The van der Waals surface area contributed by atoms with Gasteiger partial charge in [-0.25, -0.2) is 9.18 Å². The van der Waals surface area contributed by atoms with Crippen LogP contribution in [-0.2, 0) is 19.4 Å². The highest BCUT2D eigenvalue weighted by molar-refractivity contribution is 5.74. The Morgan fingerprint density at radius 3 is 3.00 bits per heavy atom. The molecular formula is C17H18FN3O2. The molecule has 0 fully saturated rings. The maximum Gasteiger partial charge on any atom is 0.315 e. The number of halogens is 1. The molecule has 6 heteroatoms. The molecule has 1 aromatic heterocycles. The van der Waals surface area contributed by atoms with Crippen molar-refractivity contribution in [1.29, 1.82) is 0 Å². The zero-order valence-electron chi connectivity index (χ0n) is 12.6. The maximum atomic E-state index is 13.1. The molecule has 0 saturated heterocycles. The Labute approximate surface area is 132 Å². The quantitative estimate of drug-likeness (QED) is 0.809. The van der Waals surface area contributed by atoms with Crippen molar-refractivity contribution in [3.05, 3.63) is 69.4 Å². The predicted molar refractivity (Wildman–Crippen MR) is 84.6 cm³/mol. The average molecular weight is 315 g/mol. The Hall–Kier alpha value is -2.63. The van der Waals surface area contributed by atoms with Crippen LogP contribution < -0.4 is 16.2 Å². The Morgan fingerprint density at radius 1 is 1.30 bits per heavy atom. The number of urea groups is 1. The topological polar surface area (TPSA) is 74.0 Å². The van der Waals surface area contributed by atoms with E-state index in [2.05, 4.69) is 15.6 Å². The van der Waals surface area contributed by atoms with Gasteiger partial charge >= 0.3 is 6.03 Å². The highest BCUT2D eigenvalue weighted by atomic mass is 19.1. The van der Waals surface area contributed by atoms with E-state index in [1.807, 2.05) is 6.07 Å². The number of pyridine rings is 1. The molecule has 0 radical (unpaired) electrons. The number of aromatic amines is 1. The lowest BCUT2D eigenvalue weighted by molar-refractivity contribution is 0.235. The summed E-state index contributed by atoms with van der Waals surface area (Å²) in [6, 6.07) is 9.21. The molecule has 0 bridgehead atoms. The van der Waals surface area contributed by atoms with Crippen molar-refractivity contribution in [1.82, 2.24) is 15.6 Å². The molecular weight excluding hydrogens is 297 g/mol. The van der Waals surface area contributed by atoms with Crippen LogP contribution in [-0.4, -0.2) is 17.1 Å². The van der Waals surface area contributed by atoms with Crippen molar-refractivity contribution in [3.63, 3.8) is 0 Å². The second-order valence-corrected chi connectivity index (χ2v) is 5.72. The summed E-state index contributed by atoms with van der Waals surface area (Å²) >= 11 is 0. The van der Waals surface area contributed by atoms with Gasteiger partial charge < -0.3 is 15.6 Å². The zero-order valence-corrected chi connectivity index (χ0v) is 12.6. The summed E-state index contributed by atoms with van der Waals surface area (Å²) in [4.78, 5) is 26.1. The first-order valence-electron chi connectivity index (χ1n) is 7.60. The number of aryl methyl sites for hydroxylation is 1. The maximum absolute atomic E-state index is 13.1. The summed E-state index contributed by atoms with van der Waals surface area (Å²) in [7, 11) is 0. The number of hydrogen-bond acceptors (Lipinski definition) is 2. The third-order valence-corrected chi connectivity index (χ3v) is 3.98. The first-order valence-corrected chi connectivity index (χ1v) is 7.60. The Morgan fingerprint density at radius 2 is 2.17 bits per heavy atom. The molecule has 1 atom stereocenters. The van der Waals surface area contributed by atoms with Gasteiger partial charge in [-0.15, -0.1) is 0 Å². The van der Waals surface area contributed by atoms with E-state index in [4.69, 9.17) is 0 Å². The van der Waals surface area contributed by atoms with Crippen LogP contribution in [0, 0.1) is 5.82 Å². The van der Waals surface area contributed by atoms with E-state index < -0.39 is 0 Å². The van der Waals surface area contributed by atoms with E-state index in [1.165, 1.54) is 18.2 Å². The minimum absolute atomic E-state index is 0.0286. The molecule has 5 nitrogen and oxygen atoms in total. The number of fused-ring (bicyclic) bond motifs is 1. The van der Waals surface area contributed by atoms with Gasteiger partial charge in [-0.2, -0.15) is 0 Å². The van der Waals surface area contributed by atoms with Crippen LogP contribution >= 0.6 is 0 Å². The van der Waals surface area contributed by atoms with Crippen LogP contribution in [0.5, 0.6) is 0 Å². The smallest absolute Gasteiger partial charge is 0.315 e. The number of hydrogen-bond donors (Lipinski definition) is 3. The lowest BCUT2D eigenvalue weighted by Gasteiger charge is -2.25. The highest BCUT2D eigenvalue weighted by Gasteiger charge is 2.20. The van der Waals surface area contributed by atoms with Crippen molar-refractivity contribution in [2.75, 3.05) is 0 Å². The van der Waals surface area contributed by atoms with Crippen molar-refractivity contribution in [2.45, 2.75) is 31.8 Å². The van der Waals surface area contributed by atoms with Gasteiger partial charge in [-0.3, -0.25) is 4.79 Å². The molecule has 0 aliphatic heterocycles. The fourth-order valence-corrected chi connectivity index (χ4v) is 2.84. The number of carbonyl (C=O) groups excluding carboxylic acids is 1. The molecule has 2 aromatic rings. The molecule has 3 rings (SSSR count). The number of amides is 2. The molecule has 3 N–H and O–H groups in total. The minimum Gasteiger partial charge on any atom is -0.335 e. The van der Waals surface area contributed by atoms with Gasteiger partial charge in [0.05, 0.1) is 0 Å². The second-order valence-electron chi connectivity index (χ2n) is 5.72. The highest BCUT2D eigenvalue weighted by Crippen LogP contribution is 2.18. The van der Waals surface area contributed by atoms with E-state index in [-0.39, 0.29) is 30.0 Å². The van der Waals surface area contributed by atoms with Crippen molar-refractivity contribution >= 4 is 6.03 Å². The first kappa shape index (κ1) is 15.3. The van der Waals surface area contributed by atoms with E-state index in [0.717, 1.165) is 24.1 Å². The van der Waals surface area contributed by atoms with Gasteiger partial charge in [0.15, 0.2) is 0 Å². The van der Waals surface area contributed by atoms with E-state index in [1.54, 1.807) is 12.1 Å². The lowest BCUT2D eigenvalue weighted by Crippen LogP contribution is -2.44. The fourth-order valence-electron chi connectivity index (χ4n) is 2.84. The van der Waals surface area contributed by atoms with Crippen molar-refractivity contribution in [3.8, 4) is 0 Å². The van der Waals surface area contributed by atoms with E-state index in [0.29, 0.717) is 12.0 Å². The summed E-state index contributed by atoms with van der Waals surface area (Å²) in [6.45, 7) is 0.278. The molecule has 0 spiro atoms. The minimum atomic E-state index is -0.317. The summed E-state index contributed by atoms with van der Waals surface area (Å²) < 4.78 is 13.1. The van der Waals surface area contributed by atoms with E-state index >= 15 is 0 Å². The molecule has 120 valence electrons. The number of aromatic nitrogens is 1. The molecule has 1 aliphatic carbocycles. The zero-order chi connectivity index (χ0) is 16.2. The Balaban J connectivity index is 1.53. The van der Waals surface area contributed by atoms with Gasteiger partial charge in [-0.05, 0) is 42.5 Å². The normalized spacial score (nSPS) is 16.5. The molecule has 0 saturated carbocycles. The number of benzene rings is 1. The van der Waals surface area contributed by atoms with Crippen LogP contribution in [0.2, 0.25) is 0 Å². The fraction of sp³-hybridized carbons (Fsp3) is 0.294. The standard InChI is InChI=1S/C17H18FN3O2/c18-13-3-1-2-11(8-13)10-19-17(23)20-14-5-6-15-12(9-14)4-7-16(22)21-15/h1-4,7-8,14H,5-6,9-10H2,(H,21,22)(H2,19,20,23). The van der Waals surface area contributed by atoms with E-state index in [9.17, 15) is 14.0 Å². The Bertz CT molecular complexity index is 772. The second kappa shape index (κ2) is 6.64. The molecule has 1 aromatic carbocycles. The monoisotopic (exact) mass is 315 g/mol. The first-order chi connectivity index (χ1) is 11.1. The number of carbonyl (C=O) groups is 1. The summed E-state index contributed by atoms with van der Waals surface area (Å²) in [5.41, 5.74) is 2.64. The van der Waals surface area contributed by atoms with Gasteiger partial charge in [0.25, 0.3) is 0 Å². The van der Waals surface area contributed by atoms with Gasteiger partial charge in [-0.1, -0.05) is 18.2 Å². The van der Waals surface area contributed by atoms with Gasteiger partial charge in [0, 0.05) is 24.3 Å².